The molecule has 0 bridgehead atoms. The van der Waals surface area contributed by atoms with Gasteiger partial charge in [0.2, 0.25) is 5.43 Å². The van der Waals surface area contributed by atoms with Gasteiger partial charge in [-0.25, -0.2) is 4.79 Å². The van der Waals surface area contributed by atoms with Gasteiger partial charge in [-0.15, -0.1) is 0 Å². The number of H-pyrrole nitrogens is 1. The summed E-state index contributed by atoms with van der Waals surface area (Å²) < 4.78 is 5.56. The molecule has 1 aromatic carbocycles. The number of carbonyl (C=O) groups excluding carboxylic acids is 1. The summed E-state index contributed by atoms with van der Waals surface area (Å²) in [6, 6.07) is 4.96. The molecule has 0 radical (unpaired) electrons. The number of ether oxygens (including phenoxy) is 1. The highest BCUT2D eigenvalue weighted by Gasteiger charge is 2.11. The van der Waals surface area contributed by atoms with Gasteiger partial charge in [-0.1, -0.05) is 0 Å². The molecule has 0 saturated heterocycles. The van der Waals surface area contributed by atoms with Gasteiger partial charge in [-0.3, -0.25) is 4.79 Å². The van der Waals surface area contributed by atoms with Crippen LogP contribution in [-0.2, 0) is 4.74 Å². The van der Waals surface area contributed by atoms with Crippen molar-refractivity contribution in [3.05, 3.63) is 43.2 Å². The number of aromatic nitrogens is 1. The third-order valence-electron chi connectivity index (χ3n) is 2.63. The summed E-state index contributed by atoms with van der Waals surface area (Å²) in [6.45, 7) is 3.92. The summed E-state index contributed by atoms with van der Waals surface area (Å²) in [6.07, 6.45) is 0. The third kappa shape index (κ3) is 2.27. The number of aryl methyl sites for hydroxylation is 1. The van der Waals surface area contributed by atoms with Gasteiger partial charge in [0.15, 0.2) is 0 Å². The highest BCUT2D eigenvalue weighted by molar-refractivity contribution is 14.1. The summed E-state index contributed by atoms with van der Waals surface area (Å²) in [5.74, 6) is -0.408. The van der Waals surface area contributed by atoms with Crippen LogP contribution in [0.4, 0.5) is 0 Å². The SMILES string of the molecule is CCOC(=O)c1ccc2[nH]c(C)c(I)c(=O)c2c1. The Bertz CT molecular complexity index is 676. The van der Waals surface area contributed by atoms with E-state index in [1.165, 1.54) is 0 Å². The van der Waals surface area contributed by atoms with E-state index in [-0.39, 0.29) is 5.43 Å². The number of benzene rings is 1. The maximum Gasteiger partial charge on any atom is 0.338 e. The molecule has 4 nitrogen and oxygen atoms in total. The number of pyridine rings is 1. The molecular weight excluding hydrogens is 345 g/mol. The quantitative estimate of drug-likeness (QED) is 0.664. The molecule has 2 rings (SSSR count). The minimum atomic E-state index is -0.408. The first kappa shape index (κ1) is 13.1. The number of carbonyl (C=O) groups is 1. The van der Waals surface area contributed by atoms with Crippen LogP contribution in [0.3, 0.4) is 0 Å². The lowest BCUT2D eigenvalue weighted by molar-refractivity contribution is 0.0526. The summed E-state index contributed by atoms with van der Waals surface area (Å²) in [4.78, 5) is 26.9. The first-order chi connectivity index (χ1) is 8.54. The van der Waals surface area contributed by atoms with E-state index in [9.17, 15) is 9.59 Å². The van der Waals surface area contributed by atoms with Gasteiger partial charge in [0.25, 0.3) is 0 Å². The lowest BCUT2D eigenvalue weighted by Crippen LogP contribution is -2.11. The molecule has 0 amide bonds. The number of esters is 1. The van der Waals surface area contributed by atoms with Crippen LogP contribution in [0, 0.1) is 10.5 Å². The molecule has 94 valence electrons. The van der Waals surface area contributed by atoms with Crippen molar-refractivity contribution in [1.82, 2.24) is 4.98 Å². The zero-order valence-corrected chi connectivity index (χ0v) is 12.2. The fourth-order valence-corrected chi connectivity index (χ4v) is 2.15. The minimum absolute atomic E-state index is 0.0620. The van der Waals surface area contributed by atoms with Crippen LogP contribution in [0.1, 0.15) is 23.0 Å². The smallest absolute Gasteiger partial charge is 0.338 e. The largest absolute Gasteiger partial charge is 0.462 e. The van der Waals surface area contributed by atoms with E-state index in [2.05, 4.69) is 4.98 Å². The van der Waals surface area contributed by atoms with E-state index in [0.29, 0.717) is 21.1 Å². The van der Waals surface area contributed by atoms with Crippen molar-refractivity contribution in [3.8, 4) is 0 Å². The lowest BCUT2D eigenvalue weighted by atomic mass is 10.1. The molecule has 0 aliphatic heterocycles. The van der Waals surface area contributed by atoms with E-state index in [0.717, 1.165) is 11.2 Å². The number of hydrogen-bond acceptors (Lipinski definition) is 3. The zero-order chi connectivity index (χ0) is 13.3. The Hall–Kier alpha value is -1.37. The Kier molecular flexibility index (Phi) is 3.70. The average molecular weight is 357 g/mol. The molecule has 2 aromatic rings. The molecule has 0 spiro atoms. The average Bonchev–Trinajstić information content (AvgIpc) is 2.36. The van der Waals surface area contributed by atoms with Crippen molar-refractivity contribution < 1.29 is 9.53 Å². The first-order valence-corrected chi connectivity index (χ1v) is 6.61. The number of hydrogen-bond donors (Lipinski definition) is 1. The molecule has 0 fully saturated rings. The van der Waals surface area contributed by atoms with Crippen LogP contribution in [0.2, 0.25) is 0 Å². The predicted molar refractivity (Wildman–Crippen MR) is 78.0 cm³/mol. The normalized spacial score (nSPS) is 10.6. The van der Waals surface area contributed by atoms with Crippen molar-refractivity contribution in [2.75, 3.05) is 6.61 Å². The second-order valence-electron chi connectivity index (χ2n) is 3.87. The van der Waals surface area contributed by atoms with Gasteiger partial charge < -0.3 is 9.72 Å². The summed E-state index contributed by atoms with van der Waals surface area (Å²) in [7, 11) is 0. The molecule has 18 heavy (non-hydrogen) atoms. The fraction of sp³-hybridized carbons (Fsp3) is 0.231. The summed E-state index contributed by atoms with van der Waals surface area (Å²) >= 11 is 2.00. The molecule has 1 heterocycles. The molecule has 1 aromatic heterocycles. The molecule has 0 saturated carbocycles. The molecule has 0 aliphatic rings. The standard InChI is InChI=1S/C13H12INO3/c1-3-18-13(17)8-4-5-10-9(6-8)12(16)11(14)7(2)15-10/h4-6H,3H2,1-2H3,(H,15,16). The monoisotopic (exact) mass is 357 g/mol. The number of rotatable bonds is 2. The van der Waals surface area contributed by atoms with Crippen LogP contribution in [0.5, 0.6) is 0 Å². The molecule has 5 heteroatoms. The number of nitrogens with one attached hydrogen (secondary N) is 1. The minimum Gasteiger partial charge on any atom is -0.462 e. The second-order valence-corrected chi connectivity index (χ2v) is 4.95. The Labute approximate surface area is 117 Å². The Balaban J connectivity index is 2.65. The van der Waals surface area contributed by atoms with Gasteiger partial charge in [0, 0.05) is 16.6 Å². The molecule has 1 N–H and O–H groups in total. The van der Waals surface area contributed by atoms with E-state index in [4.69, 9.17) is 4.74 Å². The predicted octanol–water partition coefficient (Wildman–Crippen LogP) is 2.62. The molecule has 0 aliphatic carbocycles. The fourth-order valence-electron chi connectivity index (χ4n) is 1.73. The maximum atomic E-state index is 12.1. The van der Waals surface area contributed by atoms with Gasteiger partial charge in [-0.2, -0.15) is 0 Å². The van der Waals surface area contributed by atoms with Gasteiger partial charge in [0.1, 0.15) is 0 Å². The summed E-state index contributed by atoms with van der Waals surface area (Å²) in [5, 5.41) is 0.510. The topological polar surface area (TPSA) is 59.2 Å². The van der Waals surface area contributed by atoms with Crippen LogP contribution in [0.25, 0.3) is 10.9 Å². The van der Waals surface area contributed by atoms with Crippen LogP contribution in [0.15, 0.2) is 23.0 Å². The number of aromatic amines is 1. The van der Waals surface area contributed by atoms with Gasteiger partial charge in [0.05, 0.1) is 15.7 Å². The van der Waals surface area contributed by atoms with E-state index >= 15 is 0 Å². The molecular formula is C13H12INO3. The van der Waals surface area contributed by atoms with Crippen LogP contribution < -0.4 is 5.43 Å². The zero-order valence-electron chi connectivity index (χ0n) is 10.0. The second kappa shape index (κ2) is 5.09. The molecule has 0 unspecified atom stereocenters. The van der Waals surface area contributed by atoms with Crippen molar-refractivity contribution in [2.45, 2.75) is 13.8 Å². The third-order valence-corrected chi connectivity index (χ3v) is 3.93. The first-order valence-electron chi connectivity index (χ1n) is 5.54. The summed E-state index contributed by atoms with van der Waals surface area (Å²) in [5.41, 5.74) is 1.89. The van der Waals surface area contributed by atoms with E-state index in [1.807, 2.05) is 29.5 Å². The lowest BCUT2D eigenvalue weighted by Gasteiger charge is -2.05. The van der Waals surface area contributed by atoms with Crippen molar-refractivity contribution in [1.29, 1.82) is 0 Å². The molecule has 0 atom stereocenters. The number of fused-ring (bicyclic) bond motifs is 1. The van der Waals surface area contributed by atoms with Crippen molar-refractivity contribution >= 4 is 39.5 Å². The van der Waals surface area contributed by atoms with E-state index in [1.54, 1.807) is 25.1 Å². The van der Waals surface area contributed by atoms with Crippen LogP contribution in [-0.4, -0.2) is 17.6 Å². The van der Waals surface area contributed by atoms with Gasteiger partial charge >= 0.3 is 5.97 Å². The van der Waals surface area contributed by atoms with E-state index < -0.39 is 5.97 Å². The van der Waals surface area contributed by atoms with Gasteiger partial charge in [-0.05, 0) is 54.6 Å². The highest BCUT2D eigenvalue weighted by atomic mass is 127. The van der Waals surface area contributed by atoms with Crippen molar-refractivity contribution in [2.24, 2.45) is 0 Å². The highest BCUT2D eigenvalue weighted by Crippen LogP contribution is 2.15. The Morgan fingerprint density at radius 2 is 2.17 bits per heavy atom. The van der Waals surface area contributed by atoms with Crippen molar-refractivity contribution in [3.63, 3.8) is 0 Å². The Morgan fingerprint density at radius 1 is 1.44 bits per heavy atom. The Morgan fingerprint density at radius 3 is 2.83 bits per heavy atom. The van der Waals surface area contributed by atoms with Crippen LogP contribution >= 0.6 is 22.6 Å². The maximum absolute atomic E-state index is 12.1. The number of halogens is 1.